The van der Waals surface area contributed by atoms with Gasteiger partial charge in [0.15, 0.2) is 0 Å². The number of carbonyl (C=O) groups is 1. The monoisotopic (exact) mass is 436 g/mol. The molecule has 1 N–H and O–H groups in total. The van der Waals surface area contributed by atoms with Crippen LogP contribution in [0.25, 0.3) is 0 Å². The lowest BCUT2D eigenvalue weighted by molar-refractivity contribution is 0.0935. The first kappa shape index (κ1) is 22.6. The second-order valence-electron chi connectivity index (χ2n) is 7.65. The van der Waals surface area contributed by atoms with E-state index in [0.29, 0.717) is 11.3 Å². The number of amides is 1. The molecule has 0 fully saturated rings. The van der Waals surface area contributed by atoms with Crippen LogP contribution in [-0.2, 0) is 16.6 Å². The number of carbonyl (C=O) groups excluding carboxylic acids is 1. The zero-order chi connectivity index (χ0) is 22.4. The van der Waals surface area contributed by atoms with Crippen molar-refractivity contribution in [2.45, 2.75) is 32.9 Å². The maximum absolute atomic E-state index is 12.8. The number of hydrogen-bond donors (Lipinski definition) is 1. The number of aryl methyl sites for hydroxylation is 1. The smallest absolute Gasteiger partial charge is 0.251 e. The molecule has 0 saturated carbocycles. The number of rotatable bonds is 8. The summed E-state index contributed by atoms with van der Waals surface area (Å²) in [5, 5.41) is 3.07. The maximum atomic E-state index is 12.8. The lowest BCUT2D eigenvalue weighted by Gasteiger charge is -2.23. The minimum atomic E-state index is -3.48. The molecule has 0 spiro atoms. The number of hydrogen-bond acceptors (Lipinski definition) is 3. The van der Waals surface area contributed by atoms with Gasteiger partial charge in [0.2, 0.25) is 10.0 Å². The van der Waals surface area contributed by atoms with Crippen molar-refractivity contribution in [2.75, 3.05) is 10.6 Å². The van der Waals surface area contributed by atoms with E-state index < -0.39 is 10.0 Å². The van der Waals surface area contributed by atoms with Gasteiger partial charge in [-0.15, -0.1) is 0 Å². The lowest BCUT2D eigenvalue weighted by atomic mass is 10.0. The van der Waals surface area contributed by atoms with Gasteiger partial charge in [-0.1, -0.05) is 67.1 Å². The summed E-state index contributed by atoms with van der Waals surface area (Å²) in [6.45, 7) is 4.29. The Morgan fingerprint density at radius 1 is 0.935 bits per heavy atom. The molecule has 162 valence electrons. The third-order valence-electron chi connectivity index (χ3n) is 5.18. The molecule has 0 heterocycles. The van der Waals surface area contributed by atoms with Crippen LogP contribution in [0.4, 0.5) is 5.69 Å². The molecule has 0 radical (unpaired) electrons. The fourth-order valence-corrected chi connectivity index (χ4v) is 4.28. The zero-order valence-corrected chi connectivity index (χ0v) is 18.9. The Labute approximate surface area is 184 Å². The molecule has 3 aromatic rings. The second kappa shape index (κ2) is 9.79. The Morgan fingerprint density at radius 3 is 2.10 bits per heavy atom. The fourth-order valence-electron chi connectivity index (χ4n) is 3.39. The van der Waals surface area contributed by atoms with Gasteiger partial charge < -0.3 is 5.32 Å². The highest BCUT2D eigenvalue weighted by atomic mass is 32.2. The second-order valence-corrected chi connectivity index (χ2v) is 9.55. The van der Waals surface area contributed by atoms with E-state index in [-0.39, 0.29) is 18.5 Å². The third kappa shape index (κ3) is 5.95. The number of nitrogens with zero attached hydrogens (tertiary/aromatic N) is 1. The predicted molar refractivity (Wildman–Crippen MR) is 126 cm³/mol. The summed E-state index contributed by atoms with van der Waals surface area (Å²) in [5.41, 5.74) is 4.13. The minimum Gasteiger partial charge on any atom is -0.345 e. The highest BCUT2D eigenvalue weighted by Gasteiger charge is 2.19. The van der Waals surface area contributed by atoms with Gasteiger partial charge in [0, 0.05) is 5.56 Å². The molecule has 31 heavy (non-hydrogen) atoms. The number of anilines is 1. The number of benzene rings is 3. The average molecular weight is 437 g/mol. The van der Waals surface area contributed by atoms with Crippen LogP contribution in [0.3, 0.4) is 0 Å². The van der Waals surface area contributed by atoms with E-state index in [0.717, 1.165) is 17.5 Å². The molecule has 1 amide bonds. The van der Waals surface area contributed by atoms with E-state index in [4.69, 9.17) is 0 Å². The van der Waals surface area contributed by atoms with E-state index in [1.807, 2.05) is 68.4 Å². The van der Waals surface area contributed by atoms with Gasteiger partial charge in [0.25, 0.3) is 5.91 Å². The number of nitrogens with one attached hydrogen (secondary N) is 1. The van der Waals surface area contributed by atoms with E-state index in [1.165, 1.54) is 16.1 Å². The van der Waals surface area contributed by atoms with Crippen LogP contribution in [-0.4, -0.2) is 20.6 Å². The molecule has 0 aliphatic heterocycles. The molecular weight excluding hydrogens is 408 g/mol. The summed E-state index contributed by atoms with van der Waals surface area (Å²) in [7, 11) is -3.48. The highest BCUT2D eigenvalue weighted by Crippen LogP contribution is 2.22. The van der Waals surface area contributed by atoms with Crippen molar-refractivity contribution in [1.29, 1.82) is 0 Å². The van der Waals surface area contributed by atoms with Crippen LogP contribution in [0.2, 0.25) is 0 Å². The van der Waals surface area contributed by atoms with Crippen LogP contribution in [0.15, 0.2) is 78.9 Å². The maximum Gasteiger partial charge on any atom is 0.251 e. The molecule has 6 heteroatoms. The van der Waals surface area contributed by atoms with Gasteiger partial charge in [-0.3, -0.25) is 9.10 Å². The van der Waals surface area contributed by atoms with E-state index >= 15 is 0 Å². The van der Waals surface area contributed by atoms with Gasteiger partial charge in [-0.2, -0.15) is 0 Å². The SMILES string of the molecule is CC[C@H](NC(=O)c1ccc(N(Cc2ccccc2)S(C)(=O)=O)cc1)c1ccc(C)cc1. The Balaban J connectivity index is 1.77. The van der Waals surface area contributed by atoms with Gasteiger partial charge >= 0.3 is 0 Å². The molecule has 0 aromatic heterocycles. The molecule has 3 aromatic carbocycles. The van der Waals surface area contributed by atoms with Crippen molar-refractivity contribution in [3.05, 3.63) is 101 Å². The quantitative estimate of drug-likeness (QED) is 0.549. The average Bonchev–Trinajstić information content (AvgIpc) is 2.76. The van der Waals surface area contributed by atoms with Crippen molar-refractivity contribution >= 4 is 21.6 Å². The molecule has 0 aliphatic rings. The van der Waals surface area contributed by atoms with Crippen molar-refractivity contribution in [3.63, 3.8) is 0 Å². The molecule has 0 unspecified atom stereocenters. The van der Waals surface area contributed by atoms with Crippen molar-refractivity contribution < 1.29 is 13.2 Å². The van der Waals surface area contributed by atoms with Crippen LogP contribution in [0.1, 0.15) is 46.4 Å². The standard InChI is InChI=1S/C25H28N2O3S/c1-4-24(21-12-10-19(2)11-13-21)26-25(28)22-14-16-23(17-15-22)27(31(3,29)30)18-20-8-6-5-7-9-20/h5-17,24H,4,18H2,1-3H3,(H,26,28)/t24-/m0/s1. The van der Waals surface area contributed by atoms with E-state index in [2.05, 4.69) is 5.32 Å². The topological polar surface area (TPSA) is 66.5 Å². The molecule has 3 rings (SSSR count). The summed E-state index contributed by atoms with van der Waals surface area (Å²) < 4.78 is 26.1. The van der Waals surface area contributed by atoms with Crippen LogP contribution in [0.5, 0.6) is 0 Å². The number of sulfonamides is 1. The van der Waals surface area contributed by atoms with E-state index in [9.17, 15) is 13.2 Å². The third-order valence-corrected chi connectivity index (χ3v) is 6.32. The Bertz CT molecular complexity index is 1110. The molecule has 0 saturated heterocycles. The summed E-state index contributed by atoms with van der Waals surface area (Å²) in [5.74, 6) is -0.187. The van der Waals surface area contributed by atoms with Gasteiger partial charge in [0.05, 0.1) is 24.5 Å². The summed E-state index contributed by atoms with van der Waals surface area (Å²) in [6.07, 6.45) is 1.95. The largest absolute Gasteiger partial charge is 0.345 e. The highest BCUT2D eigenvalue weighted by molar-refractivity contribution is 7.92. The molecule has 1 atom stereocenters. The normalized spacial score (nSPS) is 12.2. The van der Waals surface area contributed by atoms with Crippen LogP contribution >= 0.6 is 0 Å². The predicted octanol–water partition coefficient (Wildman–Crippen LogP) is 4.84. The summed E-state index contributed by atoms with van der Waals surface area (Å²) in [6, 6.07) is 24.1. The molecule has 5 nitrogen and oxygen atoms in total. The summed E-state index contributed by atoms with van der Waals surface area (Å²) in [4.78, 5) is 12.8. The summed E-state index contributed by atoms with van der Waals surface area (Å²) >= 11 is 0. The van der Waals surface area contributed by atoms with Crippen molar-refractivity contribution in [1.82, 2.24) is 5.32 Å². The van der Waals surface area contributed by atoms with Gasteiger partial charge in [-0.05, 0) is 48.7 Å². The Morgan fingerprint density at radius 2 is 1.55 bits per heavy atom. The first-order valence-electron chi connectivity index (χ1n) is 10.3. The first-order valence-corrected chi connectivity index (χ1v) is 12.1. The van der Waals surface area contributed by atoms with Gasteiger partial charge in [0.1, 0.15) is 0 Å². The van der Waals surface area contributed by atoms with E-state index in [1.54, 1.807) is 24.3 Å². The Hall–Kier alpha value is -3.12. The lowest BCUT2D eigenvalue weighted by Crippen LogP contribution is -2.30. The molecule has 0 aliphatic carbocycles. The minimum absolute atomic E-state index is 0.0848. The first-order chi connectivity index (χ1) is 14.8. The van der Waals surface area contributed by atoms with Crippen molar-refractivity contribution in [3.8, 4) is 0 Å². The zero-order valence-electron chi connectivity index (χ0n) is 18.1. The van der Waals surface area contributed by atoms with Gasteiger partial charge in [-0.25, -0.2) is 8.42 Å². The van der Waals surface area contributed by atoms with Crippen molar-refractivity contribution in [2.24, 2.45) is 0 Å². The molecule has 0 bridgehead atoms. The molecular formula is C25H28N2O3S. The fraction of sp³-hybridized carbons (Fsp3) is 0.240. The Kier molecular flexibility index (Phi) is 7.13. The van der Waals surface area contributed by atoms with Crippen LogP contribution < -0.4 is 9.62 Å². The van der Waals surface area contributed by atoms with Crippen LogP contribution in [0, 0.1) is 6.92 Å².